The van der Waals surface area contributed by atoms with Crippen LogP contribution in [0.2, 0.25) is 0 Å². The van der Waals surface area contributed by atoms with E-state index in [0.717, 1.165) is 5.71 Å². The molecule has 0 N–H and O–H groups in total. The molecule has 0 amide bonds. The Morgan fingerprint density at radius 1 is 1.60 bits per heavy atom. The van der Waals surface area contributed by atoms with Crippen molar-refractivity contribution < 1.29 is 4.74 Å². The second kappa shape index (κ2) is 2.06. The van der Waals surface area contributed by atoms with Gasteiger partial charge in [0.05, 0.1) is 5.71 Å². The summed E-state index contributed by atoms with van der Waals surface area (Å²) in [4.78, 5) is 4.16. The van der Waals surface area contributed by atoms with Crippen LogP contribution in [-0.4, -0.2) is 18.5 Å². The SMILES string of the molecule is CC1=CC2OCN=C2C=C1. The lowest BCUT2D eigenvalue weighted by atomic mass is 10.0. The van der Waals surface area contributed by atoms with Gasteiger partial charge in [-0.05, 0) is 19.1 Å². The number of fused-ring (bicyclic) bond motifs is 1. The van der Waals surface area contributed by atoms with Crippen molar-refractivity contribution >= 4 is 5.71 Å². The summed E-state index contributed by atoms with van der Waals surface area (Å²) in [5, 5.41) is 0. The van der Waals surface area contributed by atoms with E-state index in [1.807, 2.05) is 6.08 Å². The van der Waals surface area contributed by atoms with Gasteiger partial charge in [-0.1, -0.05) is 11.6 Å². The fourth-order valence-corrected chi connectivity index (χ4v) is 1.16. The number of ether oxygens (including phenoxy) is 1. The maximum absolute atomic E-state index is 5.30. The minimum absolute atomic E-state index is 0.144. The molecule has 0 aromatic carbocycles. The zero-order valence-corrected chi connectivity index (χ0v) is 5.87. The molecule has 0 bridgehead atoms. The van der Waals surface area contributed by atoms with E-state index < -0.39 is 0 Å². The van der Waals surface area contributed by atoms with Crippen LogP contribution in [0.3, 0.4) is 0 Å². The highest BCUT2D eigenvalue weighted by Crippen LogP contribution is 2.15. The highest BCUT2D eigenvalue weighted by Gasteiger charge is 2.19. The maximum Gasteiger partial charge on any atom is 0.139 e. The molecule has 0 aromatic heterocycles. The predicted octanol–water partition coefficient (Wildman–Crippen LogP) is 1.30. The Balaban J connectivity index is 2.32. The van der Waals surface area contributed by atoms with Crippen molar-refractivity contribution in [3.8, 4) is 0 Å². The molecule has 0 fully saturated rings. The van der Waals surface area contributed by atoms with Crippen LogP contribution in [0.4, 0.5) is 0 Å². The van der Waals surface area contributed by atoms with Crippen molar-refractivity contribution in [2.75, 3.05) is 6.73 Å². The van der Waals surface area contributed by atoms with E-state index in [4.69, 9.17) is 4.74 Å². The van der Waals surface area contributed by atoms with E-state index in [1.54, 1.807) is 0 Å². The first-order chi connectivity index (χ1) is 4.86. The molecule has 0 saturated carbocycles. The molecule has 1 aliphatic heterocycles. The summed E-state index contributed by atoms with van der Waals surface area (Å²) < 4.78 is 5.30. The minimum atomic E-state index is 0.144. The van der Waals surface area contributed by atoms with Crippen LogP contribution < -0.4 is 0 Å². The van der Waals surface area contributed by atoms with E-state index in [9.17, 15) is 0 Å². The van der Waals surface area contributed by atoms with Crippen molar-refractivity contribution in [3.63, 3.8) is 0 Å². The molecule has 1 unspecified atom stereocenters. The molecule has 2 rings (SSSR count). The van der Waals surface area contributed by atoms with E-state index >= 15 is 0 Å². The molecule has 1 heterocycles. The summed E-state index contributed by atoms with van der Waals surface area (Å²) in [6.07, 6.45) is 6.31. The molecular formula is C8H9NO. The van der Waals surface area contributed by atoms with Gasteiger partial charge in [-0.3, -0.25) is 4.99 Å². The molecule has 0 saturated heterocycles. The predicted molar refractivity (Wildman–Crippen MR) is 40.1 cm³/mol. The largest absolute Gasteiger partial charge is 0.346 e. The second-order valence-corrected chi connectivity index (χ2v) is 2.54. The summed E-state index contributed by atoms with van der Waals surface area (Å²) >= 11 is 0. The average Bonchev–Trinajstić information content (AvgIpc) is 2.33. The molecule has 52 valence electrons. The monoisotopic (exact) mass is 135 g/mol. The molecule has 10 heavy (non-hydrogen) atoms. The summed E-state index contributed by atoms with van der Waals surface area (Å²) in [6, 6.07) is 0. The number of aliphatic imine (C=N–C) groups is 1. The molecule has 1 aliphatic carbocycles. The molecule has 2 nitrogen and oxygen atoms in total. The molecule has 0 radical (unpaired) electrons. The zero-order chi connectivity index (χ0) is 6.97. The van der Waals surface area contributed by atoms with Crippen molar-refractivity contribution in [2.24, 2.45) is 4.99 Å². The Morgan fingerprint density at radius 3 is 3.40 bits per heavy atom. The van der Waals surface area contributed by atoms with E-state index in [0.29, 0.717) is 6.73 Å². The number of rotatable bonds is 0. The van der Waals surface area contributed by atoms with Gasteiger partial charge in [0.25, 0.3) is 0 Å². The third-order valence-corrected chi connectivity index (χ3v) is 1.72. The van der Waals surface area contributed by atoms with Gasteiger partial charge in [0, 0.05) is 0 Å². The Labute approximate surface area is 59.9 Å². The van der Waals surface area contributed by atoms with Crippen LogP contribution in [0, 0.1) is 0 Å². The van der Waals surface area contributed by atoms with Gasteiger partial charge < -0.3 is 4.74 Å². The smallest absolute Gasteiger partial charge is 0.139 e. The van der Waals surface area contributed by atoms with Crippen LogP contribution in [0.25, 0.3) is 0 Å². The minimum Gasteiger partial charge on any atom is -0.346 e. The number of hydrogen-bond acceptors (Lipinski definition) is 2. The fraction of sp³-hybridized carbons (Fsp3) is 0.375. The van der Waals surface area contributed by atoms with Crippen molar-refractivity contribution in [1.82, 2.24) is 0 Å². The number of hydrogen-bond donors (Lipinski definition) is 0. The Bertz CT molecular complexity index is 238. The Hall–Kier alpha value is -0.890. The fourth-order valence-electron chi connectivity index (χ4n) is 1.16. The van der Waals surface area contributed by atoms with Crippen LogP contribution >= 0.6 is 0 Å². The molecule has 1 atom stereocenters. The zero-order valence-electron chi connectivity index (χ0n) is 5.87. The first-order valence-corrected chi connectivity index (χ1v) is 3.39. The third-order valence-electron chi connectivity index (χ3n) is 1.72. The quantitative estimate of drug-likeness (QED) is 0.490. The van der Waals surface area contributed by atoms with Gasteiger partial charge in [-0.2, -0.15) is 0 Å². The second-order valence-electron chi connectivity index (χ2n) is 2.54. The van der Waals surface area contributed by atoms with Crippen LogP contribution in [0.15, 0.2) is 28.8 Å². The highest BCUT2D eigenvalue weighted by molar-refractivity contribution is 6.02. The van der Waals surface area contributed by atoms with Gasteiger partial charge in [0.2, 0.25) is 0 Å². The lowest BCUT2D eigenvalue weighted by molar-refractivity contribution is 0.156. The summed E-state index contributed by atoms with van der Waals surface area (Å²) in [5.41, 5.74) is 2.32. The molecule has 0 spiro atoms. The van der Waals surface area contributed by atoms with Crippen LogP contribution in [0.5, 0.6) is 0 Å². The van der Waals surface area contributed by atoms with Crippen LogP contribution in [0.1, 0.15) is 6.92 Å². The van der Waals surface area contributed by atoms with Gasteiger partial charge in [0.1, 0.15) is 12.8 Å². The van der Waals surface area contributed by atoms with E-state index in [2.05, 4.69) is 24.1 Å². The number of allylic oxidation sites excluding steroid dienone is 2. The number of nitrogens with zero attached hydrogens (tertiary/aromatic N) is 1. The molecule has 0 aromatic rings. The molecule has 2 aliphatic rings. The maximum atomic E-state index is 5.30. The lowest BCUT2D eigenvalue weighted by Gasteiger charge is -2.09. The van der Waals surface area contributed by atoms with Crippen molar-refractivity contribution in [2.45, 2.75) is 13.0 Å². The summed E-state index contributed by atoms with van der Waals surface area (Å²) in [7, 11) is 0. The highest BCUT2D eigenvalue weighted by atomic mass is 16.5. The summed E-state index contributed by atoms with van der Waals surface area (Å²) in [5.74, 6) is 0. The Kier molecular flexibility index (Phi) is 1.21. The molecular weight excluding hydrogens is 126 g/mol. The first-order valence-electron chi connectivity index (χ1n) is 3.39. The third kappa shape index (κ3) is 0.809. The van der Waals surface area contributed by atoms with Crippen LogP contribution in [-0.2, 0) is 4.74 Å². The topological polar surface area (TPSA) is 21.6 Å². The normalized spacial score (nSPS) is 29.5. The standard InChI is InChI=1S/C8H9NO/c1-6-2-3-7-8(4-6)10-5-9-7/h2-4,8H,5H2,1H3. The van der Waals surface area contributed by atoms with Gasteiger partial charge >= 0.3 is 0 Å². The molecule has 2 heteroatoms. The summed E-state index contributed by atoms with van der Waals surface area (Å²) in [6.45, 7) is 2.59. The van der Waals surface area contributed by atoms with Gasteiger partial charge in [-0.25, -0.2) is 0 Å². The first kappa shape index (κ1) is 5.86. The van der Waals surface area contributed by atoms with E-state index in [-0.39, 0.29) is 6.10 Å². The lowest BCUT2D eigenvalue weighted by Crippen LogP contribution is -2.16. The van der Waals surface area contributed by atoms with Crippen molar-refractivity contribution in [3.05, 3.63) is 23.8 Å². The Morgan fingerprint density at radius 2 is 2.50 bits per heavy atom. The average molecular weight is 135 g/mol. The van der Waals surface area contributed by atoms with Gasteiger partial charge in [-0.15, -0.1) is 0 Å². The van der Waals surface area contributed by atoms with Gasteiger partial charge in [0.15, 0.2) is 0 Å². The van der Waals surface area contributed by atoms with E-state index in [1.165, 1.54) is 5.57 Å². The van der Waals surface area contributed by atoms with Crippen molar-refractivity contribution in [1.29, 1.82) is 0 Å².